The lowest BCUT2D eigenvalue weighted by Crippen LogP contribution is -2.33. The molecule has 3 heterocycles. The third-order valence-electron chi connectivity index (χ3n) is 6.82. The van der Waals surface area contributed by atoms with E-state index in [1.807, 2.05) is 0 Å². The van der Waals surface area contributed by atoms with Crippen LogP contribution in [0.4, 0.5) is 15.8 Å². The third kappa shape index (κ3) is 4.59. The summed E-state index contributed by atoms with van der Waals surface area (Å²) in [6, 6.07) is 17.9. The van der Waals surface area contributed by atoms with E-state index in [1.165, 1.54) is 41.0 Å². The van der Waals surface area contributed by atoms with Gasteiger partial charge in [0.2, 0.25) is 17.7 Å². The molecule has 1 aromatic heterocycles. The number of rotatable bonds is 5. The van der Waals surface area contributed by atoms with E-state index < -0.39 is 45.5 Å². The Bertz CT molecular complexity index is 1700. The number of hydrogen-bond donors (Lipinski definition) is 2. The molecule has 1 saturated heterocycles. The first-order chi connectivity index (χ1) is 19.2. The van der Waals surface area contributed by atoms with Crippen LogP contribution in [-0.4, -0.2) is 32.6 Å². The van der Waals surface area contributed by atoms with Crippen LogP contribution in [0, 0.1) is 11.7 Å². The number of halogens is 2. The van der Waals surface area contributed by atoms with Gasteiger partial charge in [-0.25, -0.2) is 9.29 Å². The van der Waals surface area contributed by atoms with Crippen LogP contribution >= 0.6 is 34.7 Å². The lowest BCUT2D eigenvalue weighted by Gasteiger charge is -2.30. The van der Waals surface area contributed by atoms with Gasteiger partial charge in [-0.3, -0.25) is 23.7 Å². The van der Waals surface area contributed by atoms with Gasteiger partial charge in [0, 0.05) is 21.5 Å². The number of nitrogens with zero attached hydrogens (tertiary/aromatic N) is 2. The normalized spacial score (nSPS) is 19.9. The fourth-order valence-electron chi connectivity index (χ4n) is 5.02. The van der Waals surface area contributed by atoms with Gasteiger partial charge in [-0.1, -0.05) is 46.8 Å². The Balaban J connectivity index is 1.40. The SMILES string of the molecule is O=C(Cn1c2c(sc1=O)[C@@H](c1ccc(O)cc1)[C@H]1C(=O)N(c3ccc(Cl)cc3)C(=O)[C@H]1S2)Nc1ccc(F)cc1. The van der Waals surface area contributed by atoms with E-state index in [1.54, 1.807) is 36.4 Å². The van der Waals surface area contributed by atoms with E-state index in [-0.39, 0.29) is 12.3 Å². The van der Waals surface area contributed by atoms with E-state index in [4.69, 9.17) is 11.6 Å². The predicted octanol–water partition coefficient (Wildman–Crippen LogP) is 4.84. The number of aromatic nitrogens is 1. The van der Waals surface area contributed by atoms with E-state index >= 15 is 0 Å². The number of carbonyl (C=O) groups is 3. The number of thioether (sulfide) groups is 1. The van der Waals surface area contributed by atoms with Gasteiger partial charge in [0.05, 0.1) is 16.6 Å². The second-order valence-electron chi connectivity index (χ2n) is 9.30. The summed E-state index contributed by atoms with van der Waals surface area (Å²) in [4.78, 5) is 54.9. The molecule has 8 nitrogen and oxygen atoms in total. The zero-order valence-electron chi connectivity index (χ0n) is 20.4. The molecule has 3 aromatic carbocycles. The fraction of sp³-hybridized carbons (Fsp3) is 0.143. The largest absolute Gasteiger partial charge is 0.508 e. The lowest BCUT2D eigenvalue weighted by atomic mass is 9.83. The number of benzene rings is 3. The number of anilines is 2. The number of nitrogens with one attached hydrogen (secondary N) is 1. The van der Waals surface area contributed by atoms with Crippen molar-refractivity contribution in [2.45, 2.75) is 22.7 Å². The quantitative estimate of drug-likeness (QED) is 0.320. The Hall–Kier alpha value is -3.93. The molecule has 0 unspecified atom stereocenters. The predicted molar refractivity (Wildman–Crippen MR) is 151 cm³/mol. The summed E-state index contributed by atoms with van der Waals surface area (Å²) in [5, 5.41) is 12.6. The minimum Gasteiger partial charge on any atom is -0.508 e. The van der Waals surface area contributed by atoms with Gasteiger partial charge in [0.1, 0.15) is 23.4 Å². The standard InChI is InChI=1S/C28H19ClFN3O5S2/c29-15-3-9-18(10-4-15)33-25(36)22-21(14-1-11-19(34)12-2-14)24-27(39-23(22)26(33)37)32(28(38)40-24)13-20(35)31-17-7-5-16(30)6-8-17/h1-12,21-23,34H,13H2,(H,31,35)/t21-,22+,23-/m0/s1. The van der Waals surface area contributed by atoms with Gasteiger partial charge in [-0.15, -0.1) is 0 Å². The van der Waals surface area contributed by atoms with Crippen LogP contribution in [0.15, 0.2) is 82.6 Å². The molecule has 6 rings (SSSR count). The van der Waals surface area contributed by atoms with Crippen molar-refractivity contribution < 1.29 is 23.9 Å². The second-order valence-corrected chi connectivity index (χ2v) is 11.9. The number of fused-ring (bicyclic) bond motifs is 2. The summed E-state index contributed by atoms with van der Waals surface area (Å²) in [6.45, 7) is -0.336. The number of hydrogen-bond acceptors (Lipinski definition) is 7. The molecule has 0 aliphatic carbocycles. The molecular formula is C28H19ClFN3O5S2. The first-order valence-corrected chi connectivity index (χ1v) is 14.2. The lowest BCUT2D eigenvalue weighted by molar-refractivity contribution is -0.122. The summed E-state index contributed by atoms with van der Waals surface area (Å²) < 4.78 is 14.6. The van der Waals surface area contributed by atoms with Crippen LogP contribution in [-0.2, 0) is 20.9 Å². The van der Waals surface area contributed by atoms with Crippen LogP contribution < -0.4 is 15.1 Å². The number of imide groups is 1. The number of carbonyl (C=O) groups excluding carboxylic acids is 3. The molecule has 3 atom stereocenters. The molecule has 0 saturated carbocycles. The van der Waals surface area contributed by atoms with Crippen molar-refractivity contribution in [1.29, 1.82) is 0 Å². The summed E-state index contributed by atoms with van der Waals surface area (Å²) in [7, 11) is 0. The molecule has 4 aromatic rings. The van der Waals surface area contributed by atoms with Crippen molar-refractivity contribution in [3.05, 3.63) is 104 Å². The number of thiazole rings is 1. The van der Waals surface area contributed by atoms with Gasteiger partial charge in [-0.05, 0) is 66.2 Å². The highest BCUT2D eigenvalue weighted by atomic mass is 35.5. The first-order valence-electron chi connectivity index (χ1n) is 12.1. The minimum atomic E-state index is -0.852. The van der Waals surface area contributed by atoms with Crippen molar-refractivity contribution in [2.24, 2.45) is 5.92 Å². The van der Waals surface area contributed by atoms with Gasteiger partial charge in [-0.2, -0.15) is 0 Å². The van der Waals surface area contributed by atoms with Crippen LogP contribution in [0.5, 0.6) is 5.75 Å². The first kappa shape index (κ1) is 26.3. The highest BCUT2D eigenvalue weighted by Crippen LogP contribution is 2.54. The Morgan fingerprint density at radius 1 is 0.950 bits per heavy atom. The monoisotopic (exact) mass is 595 g/mol. The van der Waals surface area contributed by atoms with Crippen molar-refractivity contribution in [2.75, 3.05) is 10.2 Å². The molecule has 40 heavy (non-hydrogen) atoms. The molecule has 1 fully saturated rings. The molecule has 0 bridgehead atoms. The Morgan fingerprint density at radius 3 is 2.30 bits per heavy atom. The molecular weight excluding hydrogens is 577 g/mol. The van der Waals surface area contributed by atoms with Crippen molar-refractivity contribution in [3.63, 3.8) is 0 Å². The average molecular weight is 596 g/mol. The van der Waals surface area contributed by atoms with E-state index in [0.29, 0.717) is 31.9 Å². The smallest absolute Gasteiger partial charge is 0.308 e. The fourth-order valence-corrected chi connectivity index (χ4v) is 7.92. The van der Waals surface area contributed by atoms with Gasteiger partial charge < -0.3 is 10.4 Å². The molecule has 3 amide bonds. The van der Waals surface area contributed by atoms with Crippen molar-refractivity contribution in [3.8, 4) is 5.75 Å². The van der Waals surface area contributed by atoms with Gasteiger partial charge in [0.15, 0.2) is 0 Å². The van der Waals surface area contributed by atoms with Crippen molar-refractivity contribution in [1.82, 2.24) is 4.57 Å². The Morgan fingerprint density at radius 2 is 1.62 bits per heavy atom. The number of aromatic hydroxyl groups is 1. The topological polar surface area (TPSA) is 109 Å². The van der Waals surface area contributed by atoms with Crippen LogP contribution in [0.1, 0.15) is 16.4 Å². The summed E-state index contributed by atoms with van der Waals surface area (Å²) >= 11 is 8.03. The maximum Gasteiger partial charge on any atom is 0.308 e. The molecule has 12 heteroatoms. The molecule has 0 spiro atoms. The molecule has 2 aliphatic heterocycles. The maximum absolute atomic E-state index is 13.8. The van der Waals surface area contributed by atoms with E-state index in [0.717, 1.165) is 28.0 Å². The Kier molecular flexibility index (Phi) is 6.73. The third-order valence-corrected chi connectivity index (χ3v) is 9.67. The molecule has 202 valence electrons. The minimum absolute atomic E-state index is 0.0329. The van der Waals surface area contributed by atoms with Gasteiger partial charge in [0.25, 0.3) is 0 Å². The highest BCUT2D eigenvalue weighted by Gasteiger charge is 2.56. The summed E-state index contributed by atoms with van der Waals surface area (Å²) in [6.07, 6.45) is 0. The van der Waals surface area contributed by atoms with E-state index in [2.05, 4.69) is 5.32 Å². The summed E-state index contributed by atoms with van der Waals surface area (Å²) in [5.74, 6) is -3.23. The summed E-state index contributed by atoms with van der Waals surface area (Å²) in [5.41, 5.74) is 1.41. The van der Waals surface area contributed by atoms with Crippen LogP contribution in [0.25, 0.3) is 0 Å². The zero-order valence-corrected chi connectivity index (χ0v) is 22.8. The molecule has 2 N–H and O–H groups in total. The van der Waals surface area contributed by atoms with Crippen LogP contribution in [0.2, 0.25) is 5.02 Å². The number of phenols is 1. The van der Waals surface area contributed by atoms with E-state index in [9.17, 15) is 28.7 Å². The second kappa shape index (κ2) is 10.2. The molecule has 2 aliphatic rings. The highest BCUT2D eigenvalue weighted by molar-refractivity contribution is 8.00. The molecule has 0 radical (unpaired) electrons. The van der Waals surface area contributed by atoms with Gasteiger partial charge >= 0.3 is 4.87 Å². The maximum atomic E-state index is 13.8. The number of phenolic OH excluding ortho intramolecular Hbond substituents is 1. The van der Waals surface area contributed by atoms with Crippen molar-refractivity contribution >= 4 is 63.8 Å². The Labute approximate surface area is 240 Å². The van der Waals surface area contributed by atoms with Crippen LogP contribution in [0.3, 0.4) is 0 Å². The average Bonchev–Trinajstić information content (AvgIpc) is 3.37. The zero-order chi connectivity index (χ0) is 28.1. The number of amides is 3.